The van der Waals surface area contributed by atoms with Crippen LogP contribution in [-0.4, -0.2) is 31.7 Å². The molecule has 7 nitrogen and oxygen atoms in total. The van der Waals surface area contributed by atoms with Gasteiger partial charge < -0.3 is 14.8 Å². The topological polar surface area (TPSA) is 89.0 Å². The molecule has 1 heterocycles. The number of ether oxygens (including phenoxy) is 2. The molecule has 2 N–H and O–H groups in total. The highest BCUT2D eigenvalue weighted by atomic mass is 32.1. The molecule has 1 aromatic heterocycles. The quantitative estimate of drug-likeness (QED) is 0.308. The number of hydrogen-bond donors (Lipinski definition) is 2. The van der Waals surface area contributed by atoms with Crippen LogP contribution < -0.4 is 20.2 Å². The maximum Gasteiger partial charge on any atom is 0.287 e. The summed E-state index contributed by atoms with van der Waals surface area (Å²) in [5.41, 5.74) is 4.28. The molecular weight excluding hydrogens is 426 g/mol. The summed E-state index contributed by atoms with van der Waals surface area (Å²) in [7, 11) is 3.07. The van der Waals surface area contributed by atoms with Crippen LogP contribution in [0.5, 0.6) is 11.5 Å². The van der Waals surface area contributed by atoms with Crippen LogP contribution in [-0.2, 0) is 4.79 Å². The number of nitrogens with one attached hydrogen (secondary N) is 2. The third-order valence-electron chi connectivity index (χ3n) is 4.45. The lowest BCUT2D eigenvalue weighted by molar-refractivity contribution is -0.117. The van der Waals surface area contributed by atoms with Crippen LogP contribution in [0.4, 0.5) is 0 Å². The molecule has 0 radical (unpaired) electrons. The fourth-order valence-electron chi connectivity index (χ4n) is 2.79. The second-order valence-electron chi connectivity index (χ2n) is 6.61. The van der Waals surface area contributed by atoms with Crippen LogP contribution in [0.25, 0.3) is 6.08 Å². The van der Waals surface area contributed by atoms with Crippen molar-refractivity contribution in [2.24, 2.45) is 5.10 Å². The highest BCUT2D eigenvalue weighted by Crippen LogP contribution is 2.28. The van der Waals surface area contributed by atoms with Gasteiger partial charge in [0.05, 0.1) is 19.9 Å². The van der Waals surface area contributed by atoms with Gasteiger partial charge in [-0.15, -0.1) is 11.3 Å². The lowest BCUT2D eigenvalue weighted by atomic mass is 10.1. The molecule has 0 saturated heterocycles. The van der Waals surface area contributed by atoms with Crippen LogP contribution in [0.1, 0.15) is 27.7 Å². The molecule has 0 aliphatic rings. The number of methoxy groups -OCH3 is 2. The average molecular weight is 450 g/mol. The standard InChI is InChI=1S/C24H23N3O4S/c1-16(22-10-7-13-32-22)26-27-24(29)19(25-23(28)18-8-5-4-6-9-18)14-17-11-12-20(30-2)21(15-17)31-3/h4-15H,1-3H3,(H,25,28)(H,27,29). The monoisotopic (exact) mass is 449 g/mol. The first-order chi connectivity index (χ1) is 15.5. The molecule has 0 unspecified atom stereocenters. The summed E-state index contributed by atoms with van der Waals surface area (Å²) in [4.78, 5) is 26.5. The number of hydrogen-bond acceptors (Lipinski definition) is 6. The van der Waals surface area contributed by atoms with Crippen LogP contribution >= 0.6 is 11.3 Å². The summed E-state index contributed by atoms with van der Waals surface area (Å²) in [6.07, 6.45) is 1.55. The van der Waals surface area contributed by atoms with Gasteiger partial charge in [0, 0.05) is 10.4 Å². The van der Waals surface area contributed by atoms with Gasteiger partial charge >= 0.3 is 0 Å². The largest absolute Gasteiger partial charge is 0.493 e. The maximum atomic E-state index is 12.9. The van der Waals surface area contributed by atoms with E-state index in [2.05, 4.69) is 15.8 Å². The molecule has 3 rings (SSSR count). The van der Waals surface area contributed by atoms with E-state index >= 15 is 0 Å². The highest BCUT2D eigenvalue weighted by molar-refractivity contribution is 7.12. The number of rotatable bonds is 8. The minimum atomic E-state index is -0.556. The number of carbonyl (C=O) groups excluding carboxylic acids is 2. The summed E-state index contributed by atoms with van der Waals surface area (Å²) in [5.74, 6) is 0.0912. The first-order valence-corrected chi connectivity index (χ1v) is 10.6. The van der Waals surface area contributed by atoms with E-state index < -0.39 is 11.8 Å². The Hall–Kier alpha value is -3.91. The molecule has 2 aromatic carbocycles. The van der Waals surface area contributed by atoms with Crippen molar-refractivity contribution >= 4 is 34.9 Å². The van der Waals surface area contributed by atoms with E-state index in [1.807, 2.05) is 23.6 Å². The Balaban J connectivity index is 1.90. The van der Waals surface area contributed by atoms with Crippen LogP contribution in [0.15, 0.2) is 76.8 Å². The SMILES string of the molecule is COc1ccc(C=C(NC(=O)c2ccccc2)C(=O)NN=C(C)c2cccs2)cc1OC. The molecule has 0 spiro atoms. The van der Waals surface area contributed by atoms with E-state index in [4.69, 9.17) is 9.47 Å². The fourth-order valence-corrected chi connectivity index (χ4v) is 3.46. The van der Waals surface area contributed by atoms with Crippen LogP contribution in [0.2, 0.25) is 0 Å². The lowest BCUT2D eigenvalue weighted by Gasteiger charge is -2.11. The van der Waals surface area contributed by atoms with Gasteiger partial charge in [-0.05, 0) is 54.3 Å². The van der Waals surface area contributed by atoms with Gasteiger partial charge in [0.1, 0.15) is 5.70 Å². The van der Waals surface area contributed by atoms with Crippen LogP contribution in [0, 0.1) is 0 Å². The number of benzene rings is 2. The molecule has 3 aromatic rings. The molecule has 2 amide bonds. The Morgan fingerprint density at radius 1 is 0.969 bits per heavy atom. The van der Waals surface area contributed by atoms with Gasteiger partial charge in [-0.25, -0.2) is 5.43 Å². The molecule has 0 aliphatic heterocycles. The summed E-state index contributed by atoms with van der Waals surface area (Å²) in [5, 5.41) is 8.77. The lowest BCUT2D eigenvalue weighted by Crippen LogP contribution is -2.33. The van der Waals surface area contributed by atoms with Gasteiger partial charge in [-0.3, -0.25) is 9.59 Å². The Labute approximate surface area is 190 Å². The third-order valence-corrected chi connectivity index (χ3v) is 5.43. The van der Waals surface area contributed by atoms with Crippen molar-refractivity contribution in [2.45, 2.75) is 6.92 Å². The molecule has 0 saturated carbocycles. The smallest absolute Gasteiger partial charge is 0.287 e. The minimum absolute atomic E-state index is 0.0359. The van der Waals surface area contributed by atoms with E-state index in [1.165, 1.54) is 18.4 Å². The Bertz CT molecular complexity index is 1140. The van der Waals surface area contributed by atoms with Gasteiger partial charge in [-0.2, -0.15) is 5.10 Å². The normalized spacial score (nSPS) is 11.6. The maximum absolute atomic E-state index is 12.9. The number of thiophene rings is 1. The van der Waals surface area contributed by atoms with E-state index in [9.17, 15) is 9.59 Å². The van der Waals surface area contributed by atoms with E-state index in [0.717, 1.165) is 4.88 Å². The summed E-state index contributed by atoms with van der Waals surface area (Å²) in [6.45, 7) is 1.80. The number of hydrazone groups is 1. The first kappa shape index (κ1) is 22.8. The van der Waals surface area contributed by atoms with Crippen molar-refractivity contribution in [2.75, 3.05) is 14.2 Å². The Morgan fingerprint density at radius 2 is 1.72 bits per heavy atom. The van der Waals surface area contributed by atoms with Gasteiger partial charge in [0.2, 0.25) is 0 Å². The first-order valence-electron chi connectivity index (χ1n) is 9.70. The van der Waals surface area contributed by atoms with Gasteiger partial charge in [0.15, 0.2) is 11.5 Å². The second kappa shape index (κ2) is 10.9. The molecule has 0 atom stereocenters. The predicted octanol–water partition coefficient (Wildman–Crippen LogP) is 4.08. The zero-order valence-electron chi connectivity index (χ0n) is 17.9. The predicted molar refractivity (Wildman–Crippen MR) is 126 cm³/mol. The van der Waals surface area contributed by atoms with Gasteiger partial charge in [-0.1, -0.05) is 30.3 Å². The van der Waals surface area contributed by atoms with Crippen LogP contribution in [0.3, 0.4) is 0 Å². The molecular formula is C24H23N3O4S. The number of nitrogens with zero attached hydrogens (tertiary/aromatic N) is 1. The summed E-state index contributed by atoms with van der Waals surface area (Å²) >= 11 is 1.52. The summed E-state index contributed by atoms with van der Waals surface area (Å²) < 4.78 is 10.6. The second-order valence-corrected chi connectivity index (χ2v) is 7.56. The number of amides is 2. The number of carbonyl (C=O) groups is 2. The average Bonchev–Trinajstić information content (AvgIpc) is 3.37. The zero-order chi connectivity index (χ0) is 22.9. The molecule has 8 heteroatoms. The van der Waals surface area contributed by atoms with E-state index in [0.29, 0.717) is 28.3 Å². The molecule has 0 aliphatic carbocycles. The fraction of sp³-hybridized carbons (Fsp3) is 0.125. The van der Waals surface area contributed by atoms with Crippen molar-refractivity contribution in [3.8, 4) is 11.5 Å². The van der Waals surface area contributed by atoms with E-state index in [-0.39, 0.29) is 5.70 Å². The Morgan fingerprint density at radius 3 is 2.38 bits per heavy atom. The zero-order valence-corrected chi connectivity index (χ0v) is 18.7. The molecule has 0 bridgehead atoms. The van der Waals surface area contributed by atoms with Crippen molar-refractivity contribution in [1.29, 1.82) is 0 Å². The van der Waals surface area contributed by atoms with Gasteiger partial charge in [0.25, 0.3) is 11.8 Å². The third kappa shape index (κ3) is 5.83. The molecule has 0 fully saturated rings. The highest BCUT2D eigenvalue weighted by Gasteiger charge is 2.15. The van der Waals surface area contributed by atoms with E-state index in [1.54, 1.807) is 62.6 Å². The van der Waals surface area contributed by atoms with Crippen molar-refractivity contribution in [3.63, 3.8) is 0 Å². The van der Waals surface area contributed by atoms with Crippen molar-refractivity contribution in [3.05, 3.63) is 87.7 Å². The Kier molecular flexibility index (Phi) is 7.77. The minimum Gasteiger partial charge on any atom is -0.493 e. The molecule has 32 heavy (non-hydrogen) atoms. The van der Waals surface area contributed by atoms with Crippen molar-refractivity contribution < 1.29 is 19.1 Å². The summed E-state index contributed by atoms with van der Waals surface area (Å²) in [6, 6.07) is 17.6. The molecule has 164 valence electrons. The van der Waals surface area contributed by atoms with Crippen molar-refractivity contribution in [1.82, 2.24) is 10.7 Å².